The van der Waals surface area contributed by atoms with Crippen molar-refractivity contribution >= 4 is 40.1 Å². The SMILES string of the molecule is Cc1nn(C)c2nc(-c3ccccc3)cc(C(=O)N(C)CC(=O)N3c4ccccc4NC(=O)CC3C)c12. The minimum atomic E-state index is -0.363. The van der Waals surface area contributed by atoms with Gasteiger partial charge in [-0.05, 0) is 32.0 Å². The third kappa shape index (κ3) is 4.44. The Morgan fingerprint density at radius 2 is 1.81 bits per heavy atom. The summed E-state index contributed by atoms with van der Waals surface area (Å²) < 4.78 is 1.67. The molecule has 9 nitrogen and oxygen atoms in total. The van der Waals surface area contributed by atoms with Crippen LogP contribution in [-0.4, -0.2) is 57.0 Å². The summed E-state index contributed by atoms with van der Waals surface area (Å²) in [6, 6.07) is 18.2. The monoisotopic (exact) mass is 496 g/mol. The summed E-state index contributed by atoms with van der Waals surface area (Å²) in [6.45, 7) is 3.52. The molecule has 188 valence electrons. The lowest BCUT2D eigenvalue weighted by Crippen LogP contribution is -2.45. The number of hydrogen-bond donors (Lipinski definition) is 1. The normalized spacial score (nSPS) is 15.2. The van der Waals surface area contributed by atoms with Crippen LogP contribution in [0.5, 0.6) is 0 Å². The van der Waals surface area contributed by atoms with E-state index in [2.05, 4.69) is 10.4 Å². The molecule has 2 aromatic carbocycles. The molecule has 0 fully saturated rings. The fourth-order valence-corrected chi connectivity index (χ4v) is 4.89. The Labute approximate surface area is 214 Å². The van der Waals surface area contributed by atoms with Crippen LogP contribution in [0.2, 0.25) is 0 Å². The number of likely N-dealkylation sites (N-methyl/N-ethyl adjacent to an activating group) is 1. The van der Waals surface area contributed by atoms with Gasteiger partial charge in [0, 0.05) is 32.1 Å². The summed E-state index contributed by atoms with van der Waals surface area (Å²) in [6.07, 6.45) is 0.165. The van der Waals surface area contributed by atoms with E-state index in [9.17, 15) is 14.4 Å². The Bertz CT molecular complexity index is 1530. The van der Waals surface area contributed by atoms with E-state index in [0.29, 0.717) is 39.4 Å². The highest BCUT2D eigenvalue weighted by atomic mass is 16.2. The highest BCUT2D eigenvalue weighted by Crippen LogP contribution is 2.32. The second-order valence-corrected chi connectivity index (χ2v) is 9.37. The molecule has 2 aromatic heterocycles. The first kappa shape index (κ1) is 24.2. The van der Waals surface area contributed by atoms with Gasteiger partial charge in [0.05, 0.1) is 33.7 Å². The number of carbonyl (C=O) groups is 3. The number of fused-ring (bicyclic) bond motifs is 2. The van der Waals surface area contributed by atoms with Gasteiger partial charge in [-0.15, -0.1) is 0 Å². The van der Waals surface area contributed by atoms with Crippen LogP contribution in [-0.2, 0) is 16.6 Å². The van der Waals surface area contributed by atoms with Gasteiger partial charge in [0.2, 0.25) is 11.8 Å². The number of benzene rings is 2. The highest BCUT2D eigenvalue weighted by molar-refractivity contribution is 6.10. The van der Waals surface area contributed by atoms with Crippen molar-refractivity contribution in [2.24, 2.45) is 7.05 Å². The summed E-state index contributed by atoms with van der Waals surface area (Å²) in [5, 5.41) is 8.01. The van der Waals surface area contributed by atoms with E-state index in [1.54, 1.807) is 41.9 Å². The van der Waals surface area contributed by atoms with Gasteiger partial charge >= 0.3 is 0 Å². The third-order valence-electron chi connectivity index (χ3n) is 6.62. The van der Waals surface area contributed by atoms with Crippen molar-refractivity contribution in [2.45, 2.75) is 26.3 Å². The van der Waals surface area contributed by atoms with Crippen molar-refractivity contribution in [1.29, 1.82) is 0 Å². The highest BCUT2D eigenvalue weighted by Gasteiger charge is 2.31. The quantitative estimate of drug-likeness (QED) is 0.464. The minimum absolute atomic E-state index is 0.153. The second-order valence-electron chi connectivity index (χ2n) is 9.37. The van der Waals surface area contributed by atoms with Gasteiger partial charge in [0.15, 0.2) is 5.65 Å². The zero-order chi connectivity index (χ0) is 26.3. The lowest BCUT2D eigenvalue weighted by Gasteiger charge is -2.30. The number of carbonyl (C=O) groups excluding carboxylic acids is 3. The summed E-state index contributed by atoms with van der Waals surface area (Å²) in [5.41, 5.74) is 4.45. The number of aryl methyl sites for hydroxylation is 2. The number of pyridine rings is 1. The summed E-state index contributed by atoms with van der Waals surface area (Å²) >= 11 is 0. The van der Waals surface area contributed by atoms with Gasteiger partial charge in [0.1, 0.15) is 6.54 Å². The van der Waals surface area contributed by atoms with Crippen molar-refractivity contribution in [2.75, 3.05) is 23.8 Å². The molecule has 1 unspecified atom stereocenters. The largest absolute Gasteiger partial charge is 0.332 e. The van der Waals surface area contributed by atoms with E-state index in [-0.39, 0.29) is 36.7 Å². The van der Waals surface area contributed by atoms with Crippen LogP contribution in [0.3, 0.4) is 0 Å². The zero-order valence-corrected chi connectivity index (χ0v) is 21.2. The maximum absolute atomic E-state index is 13.8. The molecule has 3 heterocycles. The second kappa shape index (κ2) is 9.50. The average Bonchev–Trinajstić information content (AvgIpc) is 3.09. The summed E-state index contributed by atoms with van der Waals surface area (Å²) in [5.74, 6) is -0.734. The first-order chi connectivity index (χ1) is 17.7. The Morgan fingerprint density at radius 3 is 2.57 bits per heavy atom. The molecule has 0 spiro atoms. The number of nitrogens with zero attached hydrogens (tertiary/aromatic N) is 5. The van der Waals surface area contributed by atoms with Gasteiger partial charge in [-0.3, -0.25) is 19.1 Å². The van der Waals surface area contributed by atoms with Gasteiger partial charge < -0.3 is 15.1 Å². The Kier molecular flexibility index (Phi) is 6.20. The van der Waals surface area contributed by atoms with Crippen LogP contribution in [0.1, 0.15) is 29.4 Å². The molecule has 3 amide bonds. The Hall–Kier alpha value is -4.53. The van der Waals surface area contributed by atoms with Crippen molar-refractivity contribution in [1.82, 2.24) is 19.7 Å². The summed E-state index contributed by atoms with van der Waals surface area (Å²) in [4.78, 5) is 47.5. The fourth-order valence-electron chi connectivity index (χ4n) is 4.89. The maximum Gasteiger partial charge on any atom is 0.254 e. The summed E-state index contributed by atoms with van der Waals surface area (Å²) in [7, 11) is 3.41. The Morgan fingerprint density at radius 1 is 1.11 bits per heavy atom. The molecule has 4 aromatic rings. The van der Waals surface area contributed by atoms with Gasteiger partial charge in [0.25, 0.3) is 5.91 Å². The number of anilines is 2. The maximum atomic E-state index is 13.8. The number of para-hydroxylation sites is 2. The van der Waals surface area contributed by atoms with E-state index < -0.39 is 0 Å². The molecule has 0 bridgehead atoms. The average molecular weight is 497 g/mol. The lowest BCUT2D eigenvalue weighted by molar-refractivity contribution is -0.119. The van der Waals surface area contributed by atoms with Gasteiger partial charge in [-0.25, -0.2) is 4.98 Å². The molecule has 1 N–H and O–H groups in total. The molecule has 1 aliphatic heterocycles. The van der Waals surface area contributed by atoms with Crippen molar-refractivity contribution in [3.05, 3.63) is 71.9 Å². The molecule has 0 radical (unpaired) electrons. The number of nitrogens with one attached hydrogen (secondary N) is 1. The predicted molar refractivity (Wildman–Crippen MR) is 142 cm³/mol. The van der Waals surface area contributed by atoms with Crippen LogP contribution >= 0.6 is 0 Å². The standard InChI is InChI=1S/C28H28N6O3/c1-17-14-24(35)29-21-12-8-9-13-23(21)34(17)25(36)16-32(3)28(37)20-15-22(19-10-6-5-7-11-19)30-27-26(20)18(2)31-33(27)4/h5-13,15,17H,14,16H2,1-4H3,(H,29,35). The van der Waals surface area contributed by atoms with Crippen molar-refractivity contribution in [3.63, 3.8) is 0 Å². The van der Waals surface area contributed by atoms with Gasteiger partial charge in [-0.2, -0.15) is 5.10 Å². The van der Waals surface area contributed by atoms with E-state index in [4.69, 9.17) is 4.98 Å². The number of rotatable bonds is 4. The Balaban J connectivity index is 1.49. The lowest BCUT2D eigenvalue weighted by atomic mass is 10.0. The number of aromatic nitrogens is 3. The van der Waals surface area contributed by atoms with Crippen LogP contribution in [0.4, 0.5) is 11.4 Å². The third-order valence-corrected chi connectivity index (χ3v) is 6.62. The molecular formula is C28H28N6O3. The minimum Gasteiger partial charge on any atom is -0.332 e. The molecule has 9 heteroatoms. The number of hydrogen-bond acceptors (Lipinski definition) is 5. The van der Waals surface area contributed by atoms with Crippen molar-refractivity contribution < 1.29 is 14.4 Å². The number of amides is 3. The molecule has 37 heavy (non-hydrogen) atoms. The smallest absolute Gasteiger partial charge is 0.254 e. The fraction of sp³-hybridized carbons (Fsp3) is 0.250. The zero-order valence-electron chi connectivity index (χ0n) is 21.2. The van der Waals surface area contributed by atoms with Crippen LogP contribution in [0.25, 0.3) is 22.3 Å². The van der Waals surface area contributed by atoms with E-state index in [1.807, 2.05) is 56.3 Å². The molecular weight excluding hydrogens is 468 g/mol. The van der Waals surface area contributed by atoms with E-state index in [0.717, 1.165) is 5.56 Å². The van der Waals surface area contributed by atoms with Crippen LogP contribution in [0.15, 0.2) is 60.7 Å². The molecule has 1 aliphatic rings. The van der Waals surface area contributed by atoms with Gasteiger partial charge in [-0.1, -0.05) is 42.5 Å². The van der Waals surface area contributed by atoms with E-state index in [1.165, 1.54) is 4.90 Å². The molecule has 0 aliphatic carbocycles. The first-order valence-corrected chi connectivity index (χ1v) is 12.1. The van der Waals surface area contributed by atoms with Crippen molar-refractivity contribution in [3.8, 4) is 11.3 Å². The molecule has 0 saturated carbocycles. The first-order valence-electron chi connectivity index (χ1n) is 12.1. The van der Waals surface area contributed by atoms with Crippen LogP contribution in [0, 0.1) is 6.92 Å². The van der Waals surface area contributed by atoms with E-state index >= 15 is 0 Å². The topological polar surface area (TPSA) is 100 Å². The molecule has 0 saturated heterocycles. The molecule has 1 atom stereocenters. The predicted octanol–water partition coefficient (Wildman–Crippen LogP) is 3.78. The van der Waals surface area contributed by atoms with Crippen LogP contribution < -0.4 is 10.2 Å². The molecule has 5 rings (SSSR count).